The van der Waals surface area contributed by atoms with Gasteiger partial charge in [0.1, 0.15) is 17.3 Å². The maximum Gasteiger partial charge on any atom is 0.274 e. The number of hydrogen-bond donors (Lipinski definition) is 2. The minimum absolute atomic E-state index is 0.171. The number of aromatic nitrogens is 5. The number of fused-ring (bicyclic) bond motifs is 3. The SMILES string of the molecule is C[C@H]1CN(C2COC2)CCN1c1ccc(Nc2cc(-c3ccnc(-n4ccc5c(cc6n5CCCC6)c4=O)c3CO)cn(C)c2=O)nc1. The Morgan fingerprint density at radius 3 is 2.65 bits per heavy atom. The molecule has 0 radical (unpaired) electrons. The van der Waals surface area contributed by atoms with Crippen LogP contribution < -0.4 is 21.3 Å². The van der Waals surface area contributed by atoms with Gasteiger partial charge in [0.25, 0.3) is 11.1 Å². The van der Waals surface area contributed by atoms with E-state index in [1.54, 1.807) is 37.8 Å². The molecule has 8 rings (SSSR count). The summed E-state index contributed by atoms with van der Waals surface area (Å²) in [6, 6.07) is 12.3. The Hall–Kier alpha value is -4.78. The topological polar surface area (TPSA) is 123 Å². The molecule has 12 heteroatoms. The molecule has 3 aliphatic rings. The summed E-state index contributed by atoms with van der Waals surface area (Å²) in [6.45, 7) is 7.35. The third-order valence-electron chi connectivity index (χ3n) is 10.2. The fourth-order valence-electron chi connectivity index (χ4n) is 7.49. The highest BCUT2D eigenvalue weighted by molar-refractivity contribution is 5.81. The van der Waals surface area contributed by atoms with Crippen LogP contribution in [-0.2, 0) is 31.4 Å². The van der Waals surface area contributed by atoms with E-state index in [2.05, 4.69) is 36.6 Å². The first-order chi connectivity index (χ1) is 23.4. The minimum atomic E-state index is -0.342. The van der Waals surface area contributed by atoms with Gasteiger partial charge in [0.05, 0.1) is 48.6 Å². The van der Waals surface area contributed by atoms with Crippen LogP contribution in [-0.4, -0.2) is 78.6 Å². The number of aliphatic hydroxyl groups is 1. The van der Waals surface area contributed by atoms with E-state index in [0.29, 0.717) is 51.5 Å². The predicted octanol–water partition coefficient (Wildman–Crippen LogP) is 3.43. The van der Waals surface area contributed by atoms with Crippen LogP contribution in [0, 0.1) is 0 Å². The maximum atomic E-state index is 13.8. The van der Waals surface area contributed by atoms with Gasteiger partial charge in [-0.05, 0) is 68.1 Å². The van der Waals surface area contributed by atoms with Gasteiger partial charge in [-0.25, -0.2) is 9.97 Å². The average Bonchev–Trinajstić information content (AvgIpc) is 3.46. The van der Waals surface area contributed by atoms with Crippen LogP contribution in [0.3, 0.4) is 0 Å². The highest BCUT2D eigenvalue weighted by Gasteiger charge is 2.32. The Morgan fingerprint density at radius 1 is 1.02 bits per heavy atom. The molecule has 2 saturated heterocycles. The van der Waals surface area contributed by atoms with Gasteiger partial charge in [0.15, 0.2) is 0 Å². The van der Waals surface area contributed by atoms with E-state index in [1.165, 1.54) is 14.8 Å². The lowest BCUT2D eigenvalue weighted by Gasteiger charge is -2.46. The van der Waals surface area contributed by atoms with Crippen LogP contribution in [0.15, 0.2) is 70.8 Å². The molecule has 1 atom stereocenters. The summed E-state index contributed by atoms with van der Waals surface area (Å²) >= 11 is 0. The molecule has 0 unspecified atom stereocenters. The monoisotopic (exact) mass is 648 g/mol. The standard InChI is InChI=1S/C36H40N8O4/c1-23-18-41(27-21-48-22-27)13-14-42(23)26-6-7-33(38-17-26)39-31-15-24(19-40(2)36(31)47)28-8-10-37-34(30(28)20-45)44-12-9-32-29(35(44)46)16-25-5-3-4-11-43(25)32/h6-10,12,15-17,19,23,27,45H,3-5,11,13-14,18,20-22H2,1-2H3,(H,38,39)/t23-/m0/s1. The molecule has 0 saturated carbocycles. The van der Waals surface area contributed by atoms with Crippen molar-refractivity contribution >= 4 is 28.1 Å². The number of anilines is 3. The summed E-state index contributed by atoms with van der Waals surface area (Å²) < 4.78 is 10.6. The van der Waals surface area contributed by atoms with Crippen LogP contribution in [0.2, 0.25) is 0 Å². The maximum absolute atomic E-state index is 13.8. The Bertz CT molecular complexity index is 2110. The van der Waals surface area contributed by atoms with E-state index in [4.69, 9.17) is 4.74 Å². The lowest BCUT2D eigenvalue weighted by molar-refractivity contribution is -0.0691. The summed E-state index contributed by atoms with van der Waals surface area (Å²) in [7, 11) is 1.69. The van der Waals surface area contributed by atoms with Crippen molar-refractivity contribution in [1.82, 2.24) is 28.6 Å². The molecule has 0 aliphatic carbocycles. The van der Waals surface area contributed by atoms with Crippen LogP contribution in [0.5, 0.6) is 0 Å². The molecule has 8 heterocycles. The number of ether oxygens (including phenoxy) is 1. The number of rotatable bonds is 7. The summed E-state index contributed by atoms with van der Waals surface area (Å²) in [5, 5.41) is 14.5. The van der Waals surface area contributed by atoms with Crippen molar-refractivity contribution in [3.8, 4) is 16.9 Å². The molecule has 0 amide bonds. The molecule has 5 aromatic heterocycles. The summed E-state index contributed by atoms with van der Waals surface area (Å²) in [5.74, 6) is 0.918. The van der Waals surface area contributed by atoms with Crippen molar-refractivity contribution < 1.29 is 9.84 Å². The molecule has 2 fully saturated rings. The third kappa shape index (κ3) is 5.29. The van der Waals surface area contributed by atoms with Crippen LogP contribution in [0.4, 0.5) is 17.2 Å². The third-order valence-corrected chi connectivity index (χ3v) is 10.2. The van der Waals surface area contributed by atoms with Crippen molar-refractivity contribution in [2.45, 2.75) is 51.4 Å². The first-order valence-corrected chi connectivity index (χ1v) is 16.7. The summed E-state index contributed by atoms with van der Waals surface area (Å²) in [5.41, 5.74) is 4.98. The van der Waals surface area contributed by atoms with Gasteiger partial charge in [-0.2, -0.15) is 0 Å². The van der Waals surface area contributed by atoms with E-state index >= 15 is 0 Å². The molecule has 48 heavy (non-hydrogen) atoms. The molecule has 0 aromatic carbocycles. The van der Waals surface area contributed by atoms with Crippen LogP contribution >= 0.6 is 0 Å². The smallest absolute Gasteiger partial charge is 0.274 e. The number of piperazine rings is 1. The highest BCUT2D eigenvalue weighted by Crippen LogP contribution is 2.30. The molecular formula is C36H40N8O4. The quantitative estimate of drug-likeness (QED) is 0.273. The largest absolute Gasteiger partial charge is 0.392 e. The minimum Gasteiger partial charge on any atom is -0.392 e. The number of nitrogens with zero attached hydrogens (tertiary/aromatic N) is 7. The van der Waals surface area contributed by atoms with Gasteiger partial charge in [-0.1, -0.05) is 0 Å². The number of hydrogen-bond acceptors (Lipinski definition) is 9. The number of aliphatic hydroxyl groups excluding tert-OH is 1. The fraction of sp³-hybridized carbons (Fsp3) is 0.389. The van der Waals surface area contributed by atoms with Crippen LogP contribution in [0.1, 0.15) is 31.0 Å². The van der Waals surface area contributed by atoms with E-state index in [-0.39, 0.29) is 17.7 Å². The Morgan fingerprint density at radius 2 is 1.90 bits per heavy atom. The van der Waals surface area contributed by atoms with Crippen LogP contribution in [0.25, 0.3) is 27.8 Å². The molecule has 0 bridgehead atoms. The second-order valence-electron chi connectivity index (χ2n) is 13.2. The number of aryl methyl sites for hydroxylation is 3. The molecule has 2 N–H and O–H groups in total. The first-order valence-electron chi connectivity index (χ1n) is 16.7. The van der Waals surface area contributed by atoms with E-state index in [9.17, 15) is 14.7 Å². The Labute approximate surface area is 277 Å². The van der Waals surface area contributed by atoms with Crippen molar-refractivity contribution in [3.05, 3.63) is 93.2 Å². The Balaban J connectivity index is 1.08. The average molecular weight is 649 g/mol. The zero-order valence-electron chi connectivity index (χ0n) is 27.3. The lowest BCUT2D eigenvalue weighted by Crippen LogP contribution is -2.59. The summed E-state index contributed by atoms with van der Waals surface area (Å²) in [6.07, 6.45) is 10.1. The molecule has 5 aromatic rings. The van der Waals surface area contributed by atoms with Crippen molar-refractivity contribution in [3.63, 3.8) is 0 Å². The predicted molar refractivity (Wildman–Crippen MR) is 185 cm³/mol. The zero-order chi connectivity index (χ0) is 32.9. The normalized spacial score (nSPS) is 18.6. The molecule has 3 aliphatic heterocycles. The second-order valence-corrected chi connectivity index (χ2v) is 13.2. The molecule has 12 nitrogen and oxygen atoms in total. The molecule has 248 valence electrons. The summed E-state index contributed by atoms with van der Waals surface area (Å²) in [4.78, 5) is 41.1. The first kappa shape index (κ1) is 30.5. The van der Waals surface area contributed by atoms with E-state index in [0.717, 1.165) is 69.9 Å². The second kappa shape index (κ2) is 12.3. The number of pyridine rings is 4. The Kier molecular flexibility index (Phi) is 7.86. The van der Waals surface area contributed by atoms with Gasteiger partial charge in [0.2, 0.25) is 0 Å². The number of nitrogens with one attached hydrogen (secondary N) is 1. The van der Waals surface area contributed by atoms with E-state index in [1.807, 2.05) is 30.5 Å². The molecule has 0 spiro atoms. The zero-order valence-corrected chi connectivity index (χ0v) is 27.3. The molecular weight excluding hydrogens is 608 g/mol. The van der Waals surface area contributed by atoms with Gasteiger partial charge in [0, 0.05) is 74.7 Å². The fourth-order valence-corrected chi connectivity index (χ4v) is 7.49. The lowest BCUT2D eigenvalue weighted by atomic mass is 10.0. The van der Waals surface area contributed by atoms with Crippen molar-refractivity contribution in [1.29, 1.82) is 0 Å². The van der Waals surface area contributed by atoms with Gasteiger partial charge in [-0.15, -0.1) is 0 Å². The van der Waals surface area contributed by atoms with Crippen molar-refractivity contribution in [2.75, 3.05) is 43.1 Å². The highest BCUT2D eigenvalue weighted by atomic mass is 16.5. The van der Waals surface area contributed by atoms with Gasteiger partial charge in [-0.3, -0.25) is 19.1 Å². The van der Waals surface area contributed by atoms with Gasteiger partial charge < -0.3 is 29.2 Å². The van der Waals surface area contributed by atoms with E-state index < -0.39 is 0 Å². The van der Waals surface area contributed by atoms with Crippen molar-refractivity contribution in [2.24, 2.45) is 7.05 Å². The van der Waals surface area contributed by atoms with Gasteiger partial charge >= 0.3 is 0 Å².